The predicted octanol–water partition coefficient (Wildman–Crippen LogP) is 1.30. The standard InChI is InChI=1S/C19H29N3O3S/c1-2-20-10-11-21-19(23)16-8-12-22(13-9-16)26(24,25)18-7-6-15-4-3-5-17(15)14-18/h6-7,14,16,20H,2-5,8-13H2,1H3,(H,21,23). The lowest BCUT2D eigenvalue weighted by Crippen LogP contribution is -2.44. The molecule has 0 atom stereocenters. The van der Waals surface area contributed by atoms with Crippen molar-refractivity contribution in [3.8, 4) is 0 Å². The Bertz CT molecular complexity index is 740. The Morgan fingerprint density at radius 2 is 1.88 bits per heavy atom. The lowest BCUT2D eigenvalue weighted by atomic mass is 9.97. The van der Waals surface area contributed by atoms with Gasteiger partial charge in [-0.25, -0.2) is 8.42 Å². The molecule has 1 aliphatic heterocycles. The third kappa shape index (κ3) is 4.27. The highest BCUT2D eigenvalue weighted by Crippen LogP contribution is 2.28. The Balaban J connectivity index is 1.56. The van der Waals surface area contributed by atoms with Crippen molar-refractivity contribution >= 4 is 15.9 Å². The number of carbonyl (C=O) groups excluding carboxylic acids is 1. The van der Waals surface area contributed by atoms with Gasteiger partial charge in [0.05, 0.1) is 4.90 Å². The highest BCUT2D eigenvalue weighted by Gasteiger charge is 2.32. The van der Waals surface area contributed by atoms with E-state index in [9.17, 15) is 13.2 Å². The molecule has 2 N–H and O–H groups in total. The number of nitrogens with one attached hydrogen (secondary N) is 2. The van der Waals surface area contributed by atoms with Crippen molar-refractivity contribution < 1.29 is 13.2 Å². The van der Waals surface area contributed by atoms with Gasteiger partial charge in [-0.05, 0) is 61.9 Å². The molecular formula is C19H29N3O3S. The molecule has 1 aromatic carbocycles. The molecule has 1 amide bonds. The molecule has 144 valence electrons. The summed E-state index contributed by atoms with van der Waals surface area (Å²) in [5.41, 5.74) is 2.44. The molecule has 3 rings (SSSR count). The van der Waals surface area contributed by atoms with Gasteiger partial charge in [0.1, 0.15) is 0 Å². The summed E-state index contributed by atoms with van der Waals surface area (Å²) >= 11 is 0. The lowest BCUT2D eigenvalue weighted by Gasteiger charge is -2.30. The zero-order valence-corrected chi connectivity index (χ0v) is 16.3. The van der Waals surface area contributed by atoms with Crippen LogP contribution in [0.25, 0.3) is 0 Å². The average Bonchev–Trinajstić information content (AvgIpc) is 3.13. The fraction of sp³-hybridized carbons (Fsp3) is 0.632. The van der Waals surface area contributed by atoms with Crippen LogP contribution in [0.15, 0.2) is 23.1 Å². The molecule has 0 saturated carbocycles. The summed E-state index contributed by atoms with van der Waals surface area (Å²) in [5, 5.41) is 6.10. The van der Waals surface area contributed by atoms with E-state index in [0.717, 1.165) is 32.4 Å². The van der Waals surface area contributed by atoms with Crippen LogP contribution in [0.5, 0.6) is 0 Å². The maximum absolute atomic E-state index is 12.9. The minimum atomic E-state index is -3.47. The highest BCUT2D eigenvalue weighted by molar-refractivity contribution is 7.89. The van der Waals surface area contributed by atoms with E-state index < -0.39 is 10.0 Å². The molecule has 0 unspecified atom stereocenters. The third-order valence-corrected chi connectivity index (χ3v) is 7.28. The van der Waals surface area contributed by atoms with E-state index >= 15 is 0 Å². The smallest absolute Gasteiger partial charge is 0.243 e. The molecule has 1 fully saturated rings. The Hall–Kier alpha value is -1.44. The summed E-state index contributed by atoms with van der Waals surface area (Å²) < 4.78 is 27.4. The Morgan fingerprint density at radius 3 is 2.62 bits per heavy atom. The largest absolute Gasteiger partial charge is 0.355 e. The number of amides is 1. The van der Waals surface area contributed by atoms with Gasteiger partial charge in [-0.2, -0.15) is 4.31 Å². The Morgan fingerprint density at radius 1 is 1.15 bits per heavy atom. The van der Waals surface area contributed by atoms with Crippen LogP contribution in [-0.2, 0) is 27.7 Å². The van der Waals surface area contributed by atoms with E-state index in [1.165, 1.54) is 15.4 Å². The van der Waals surface area contributed by atoms with E-state index in [1.807, 2.05) is 19.1 Å². The van der Waals surface area contributed by atoms with Crippen molar-refractivity contribution in [1.29, 1.82) is 0 Å². The quantitative estimate of drug-likeness (QED) is 0.700. The van der Waals surface area contributed by atoms with E-state index in [0.29, 0.717) is 37.4 Å². The first-order valence-electron chi connectivity index (χ1n) is 9.62. The number of benzene rings is 1. The Kier molecular flexibility index (Phi) is 6.32. The average molecular weight is 380 g/mol. The monoisotopic (exact) mass is 379 g/mol. The van der Waals surface area contributed by atoms with Crippen LogP contribution < -0.4 is 10.6 Å². The van der Waals surface area contributed by atoms with Crippen LogP contribution in [-0.4, -0.2) is 51.4 Å². The van der Waals surface area contributed by atoms with E-state index in [4.69, 9.17) is 0 Å². The second-order valence-corrected chi connectivity index (χ2v) is 9.04. The van der Waals surface area contributed by atoms with Gasteiger partial charge in [0, 0.05) is 32.1 Å². The normalized spacial score (nSPS) is 18.7. The van der Waals surface area contributed by atoms with Gasteiger partial charge >= 0.3 is 0 Å². The number of rotatable bonds is 7. The number of aryl methyl sites for hydroxylation is 2. The van der Waals surface area contributed by atoms with Crippen LogP contribution >= 0.6 is 0 Å². The SMILES string of the molecule is CCNCCNC(=O)C1CCN(S(=O)(=O)c2ccc3c(c2)CCC3)CC1. The first-order valence-corrected chi connectivity index (χ1v) is 11.1. The van der Waals surface area contributed by atoms with Crippen molar-refractivity contribution in [2.75, 3.05) is 32.7 Å². The van der Waals surface area contributed by atoms with Gasteiger partial charge in [0.2, 0.25) is 15.9 Å². The molecule has 0 bridgehead atoms. The second-order valence-electron chi connectivity index (χ2n) is 7.11. The zero-order chi connectivity index (χ0) is 18.6. The first-order chi connectivity index (χ1) is 12.5. The summed E-state index contributed by atoms with van der Waals surface area (Å²) in [6.45, 7) is 5.09. The minimum Gasteiger partial charge on any atom is -0.355 e. The van der Waals surface area contributed by atoms with Crippen LogP contribution in [0, 0.1) is 5.92 Å². The molecule has 2 aliphatic rings. The number of fused-ring (bicyclic) bond motifs is 1. The second kappa shape index (κ2) is 8.50. The number of likely N-dealkylation sites (N-methyl/N-ethyl adjacent to an activating group) is 1. The van der Waals surface area contributed by atoms with E-state index in [-0.39, 0.29) is 11.8 Å². The number of hydrogen-bond acceptors (Lipinski definition) is 4. The van der Waals surface area contributed by atoms with Crippen molar-refractivity contribution in [2.45, 2.75) is 43.9 Å². The topological polar surface area (TPSA) is 78.5 Å². The van der Waals surface area contributed by atoms with Gasteiger partial charge in [-0.15, -0.1) is 0 Å². The van der Waals surface area contributed by atoms with Crippen LogP contribution in [0.3, 0.4) is 0 Å². The minimum absolute atomic E-state index is 0.0393. The molecule has 1 saturated heterocycles. The number of piperidine rings is 1. The van der Waals surface area contributed by atoms with Crippen molar-refractivity contribution in [2.24, 2.45) is 5.92 Å². The number of nitrogens with zero attached hydrogens (tertiary/aromatic N) is 1. The van der Waals surface area contributed by atoms with Crippen LogP contribution in [0.2, 0.25) is 0 Å². The lowest BCUT2D eigenvalue weighted by molar-refractivity contribution is -0.126. The third-order valence-electron chi connectivity index (χ3n) is 5.38. The summed E-state index contributed by atoms with van der Waals surface area (Å²) in [4.78, 5) is 12.6. The van der Waals surface area contributed by atoms with Crippen LogP contribution in [0.4, 0.5) is 0 Å². The summed E-state index contributed by atoms with van der Waals surface area (Å²) in [6, 6.07) is 5.54. The molecule has 0 radical (unpaired) electrons. The zero-order valence-electron chi connectivity index (χ0n) is 15.5. The van der Waals surface area contributed by atoms with Crippen molar-refractivity contribution in [3.63, 3.8) is 0 Å². The number of hydrogen-bond donors (Lipinski definition) is 2. The molecule has 7 heteroatoms. The summed E-state index contributed by atoms with van der Waals surface area (Å²) in [5.74, 6) is -0.0550. The summed E-state index contributed by atoms with van der Waals surface area (Å²) in [7, 11) is -3.47. The number of carbonyl (C=O) groups is 1. The molecule has 0 spiro atoms. The molecule has 1 aromatic rings. The van der Waals surface area contributed by atoms with E-state index in [2.05, 4.69) is 10.6 Å². The predicted molar refractivity (Wildman–Crippen MR) is 102 cm³/mol. The fourth-order valence-corrected chi connectivity index (χ4v) is 5.33. The van der Waals surface area contributed by atoms with Crippen molar-refractivity contribution in [1.82, 2.24) is 14.9 Å². The maximum Gasteiger partial charge on any atom is 0.243 e. The summed E-state index contributed by atoms with van der Waals surface area (Å²) in [6.07, 6.45) is 4.28. The highest BCUT2D eigenvalue weighted by atomic mass is 32.2. The molecule has 1 aliphatic carbocycles. The van der Waals surface area contributed by atoms with Gasteiger partial charge in [-0.1, -0.05) is 13.0 Å². The fourth-order valence-electron chi connectivity index (χ4n) is 3.81. The molecule has 1 heterocycles. The van der Waals surface area contributed by atoms with Crippen LogP contribution in [0.1, 0.15) is 37.3 Å². The maximum atomic E-state index is 12.9. The van der Waals surface area contributed by atoms with E-state index in [1.54, 1.807) is 6.07 Å². The van der Waals surface area contributed by atoms with Gasteiger partial charge < -0.3 is 10.6 Å². The molecular weight excluding hydrogens is 350 g/mol. The van der Waals surface area contributed by atoms with Gasteiger partial charge in [-0.3, -0.25) is 4.79 Å². The van der Waals surface area contributed by atoms with Crippen molar-refractivity contribution in [3.05, 3.63) is 29.3 Å². The molecule has 0 aromatic heterocycles. The number of sulfonamides is 1. The Labute approximate surface area is 156 Å². The first kappa shape index (κ1) is 19.3. The molecule has 6 nitrogen and oxygen atoms in total. The van der Waals surface area contributed by atoms with Gasteiger partial charge in [0.25, 0.3) is 0 Å². The van der Waals surface area contributed by atoms with Gasteiger partial charge in [0.15, 0.2) is 0 Å². The molecule has 26 heavy (non-hydrogen) atoms.